The van der Waals surface area contributed by atoms with E-state index in [9.17, 15) is 18.0 Å². The number of carboxylic acid groups (broad SMARTS) is 1. The molecule has 0 aromatic heterocycles. The number of carbonyl (C=O) groups is 1. The van der Waals surface area contributed by atoms with Gasteiger partial charge in [-0.1, -0.05) is 30.3 Å². The van der Waals surface area contributed by atoms with Gasteiger partial charge in [0.25, 0.3) is 0 Å². The largest absolute Gasteiger partial charge is 0.481 e. The number of hydrogen-bond acceptors (Lipinski definition) is 1. The maximum Gasteiger partial charge on any atom is 0.417 e. The van der Waals surface area contributed by atoms with Gasteiger partial charge in [0.05, 0.1) is 12.0 Å². The van der Waals surface area contributed by atoms with Gasteiger partial charge in [0.2, 0.25) is 0 Å². The molecule has 2 rings (SSSR count). The molecule has 18 heavy (non-hydrogen) atoms. The van der Waals surface area contributed by atoms with Gasteiger partial charge in [0.1, 0.15) is 0 Å². The number of fused-ring (bicyclic) bond motifs is 1. The molecule has 5 heteroatoms. The van der Waals surface area contributed by atoms with E-state index in [1.807, 2.05) is 0 Å². The van der Waals surface area contributed by atoms with Gasteiger partial charge >= 0.3 is 12.1 Å². The molecular weight excluding hydrogens is 245 g/mol. The summed E-state index contributed by atoms with van der Waals surface area (Å²) in [6, 6.07) is 8.10. The van der Waals surface area contributed by atoms with Crippen LogP contribution in [-0.4, -0.2) is 11.1 Å². The van der Waals surface area contributed by atoms with Crippen molar-refractivity contribution in [3.8, 4) is 0 Å². The predicted molar refractivity (Wildman–Crippen MR) is 60.3 cm³/mol. The van der Waals surface area contributed by atoms with Crippen LogP contribution in [0, 0.1) is 0 Å². The topological polar surface area (TPSA) is 37.3 Å². The Balaban J connectivity index is 2.69. The molecule has 0 bridgehead atoms. The maximum atomic E-state index is 12.8. The van der Waals surface area contributed by atoms with E-state index < -0.39 is 17.7 Å². The fourth-order valence-corrected chi connectivity index (χ4v) is 1.94. The van der Waals surface area contributed by atoms with E-state index >= 15 is 0 Å². The second-order valence-electron chi connectivity index (χ2n) is 3.89. The zero-order chi connectivity index (χ0) is 13.3. The number of carboxylic acids is 1. The average Bonchev–Trinajstić information content (AvgIpc) is 2.26. The van der Waals surface area contributed by atoms with Crippen molar-refractivity contribution in [2.75, 3.05) is 0 Å². The van der Waals surface area contributed by atoms with Gasteiger partial charge in [-0.25, -0.2) is 0 Å². The van der Waals surface area contributed by atoms with Gasteiger partial charge in [-0.15, -0.1) is 0 Å². The summed E-state index contributed by atoms with van der Waals surface area (Å²) in [6.07, 6.45) is -4.74. The Morgan fingerprint density at radius 1 is 1.06 bits per heavy atom. The van der Waals surface area contributed by atoms with Crippen molar-refractivity contribution in [3.05, 3.63) is 47.5 Å². The van der Waals surface area contributed by atoms with Crippen molar-refractivity contribution in [1.29, 1.82) is 0 Å². The van der Waals surface area contributed by atoms with E-state index in [1.165, 1.54) is 30.3 Å². The van der Waals surface area contributed by atoms with Crippen LogP contribution in [0.4, 0.5) is 13.2 Å². The van der Waals surface area contributed by atoms with E-state index in [1.54, 1.807) is 0 Å². The first-order valence-electron chi connectivity index (χ1n) is 5.19. The minimum Gasteiger partial charge on any atom is -0.481 e. The summed E-state index contributed by atoms with van der Waals surface area (Å²) in [7, 11) is 0. The molecule has 0 aliphatic rings. The third kappa shape index (κ3) is 2.30. The molecule has 0 aliphatic heterocycles. The van der Waals surface area contributed by atoms with Gasteiger partial charge in [0, 0.05) is 0 Å². The molecule has 2 aromatic carbocycles. The molecule has 0 unspecified atom stereocenters. The summed E-state index contributed by atoms with van der Waals surface area (Å²) in [6.45, 7) is 0. The van der Waals surface area contributed by atoms with Crippen molar-refractivity contribution >= 4 is 16.7 Å². The Hall–Kier alpha value is -2.04. The van der Waals surface area contributed by atoms with Crippen molar-refractivity contribution in [2.24, 2.45) is 0 Å². The Bertz CT molecular complexity index is 603. The lowest BCUT2D eigenvalue weighted by molar-refractivity contribution is -0.137. The Morgan fingerprint density at radius 3 is 2.28 bits per heavy atom. The lowest BCUT2D eigenvalue weighted by atomic mass is 9.98. The van der Waals surface area contributed by atoms with Crippen molar-refractivity contribution in [2.45, 2.75) is 12.6 Å². The maximum absolute atomic E-state index is 12.8. The minimum atomic E-state index is -4.44. The Kier molecular flexibility index (Phi) is 2.98. The van der Waals surface area contributed by atoms with E-state index in [0.29, 0.717) is 10.9 Å². The van der Waals surface area contributed by atoms with Crippen LogP contribution in [0.5, 0.6) is 0 Å². The second kappa shape index (κ2) is 4.33. The predicted octanol–water partition coefficient (Wildman–Crippen LogP) is 3.49. The highest BCUT2D eigenvalue weighted by atomic mass is 19.4. The number of halogens is 3. The number of aliphatic carboxylic acids is 1. The Morgan fingerprint density at radius 2 is 1.67 bits per heavy atom. The molecule has 0 fully saturated rings. The van der Waals surface area contributed by atoms with Gasteiger partial charge in [-0.05, 0) is 22.4 Å². The van der Waals surface area contributed by atoms with Gasteiger partial charge < -0.3 is 5.11 Å². The van der Waals surface area contributed by atoms with Crippen LogP contribution in [0.3, 0.4) is 0 Å². The summed E-state index contributed by atoms with van der Waals surface area (Å²) in [5.74, 6) is -1.07. The normalized spacial score (nSPS) is 11.7. The third-order valence-electron chi connectivity index (χ3n) is 2.66. The van der Waals surface area contributed by atoms with Crippen molar-refractivity contribution < 1.29 is 23.1 Å². The summed E-state index contributed by atoms with van der Waals surface area (Å²) in [4.78, 5) is 10.7. The zero-order valence-corrected chi connectivity index (χ0v) is 9.16. The molecule has 0 spiro atoms. The summed E-state index contributed by atoms with van der Waals surface area (Å²) < 4.78 is 38.4. The SMILES string of the molecule is O=C(O)Cc1cccc2c(C(F)(F)F)cccc12. The molecule has 2 nitrogen and oxygen atoms in total. The summed E-state index contributed by atoms with van der Waals surface area (Å²) >= 11 is 0. The second-order valence-corrected chi connectivity index (χ2v) is 3.89. The van der Waals surface area contributed by atoms with E-state index in [4.69, 9.17) is 5.11 Å². The third-order valence-corrected chi connectivity index (χ3v) is 2.66. The van der Waals surface area contributed by atoms with Crippen LogP contribution in [0.25, 0.3) is 10.8 Å². The van der Waals surface area contributed by atoms with Crippen LogP contribution in [0.2, 0.25) is 0 Å². The molecule has 0 saturated heterocycles. The van der Waals surface area contributed by atoms with Crippen LogP contribution in [-0.2, 0) is 17.4 Å². The minimum absolute atomic E-state index is 0.0313. The standard InChI is InChI=1S/C13H9F3O2/c14-13(15,16)11-6-2-4-9-8(7-12(17)18)3-1-5-10(9)11/h1-6H,7H2,(H,17,18). The smallest absolute Gasteiger partial charge is 0.417 e. The number of benzene rings is 2. The zero-order valence-electron chi connectivity index (χ0n) is 9.16. The lowest BCUT2D eigenvalue weighted by Gasteiger charge is -2.12. The first-order chi connectivity index (χ1) is 8.39. The van der Waals surface area contributed by atoms with Gasteiger partial charge in [-0.2, -0.15) is 13.2 Å². The molecule has 0 saturated carbocycles. The van der Waals surface area contributed by atoms with E-state index in [0.717, 1.165) is 6.07 Å². The van der Waals surface area contributed by atoms with Crippen LogP contribution < -0.4 is 0 Å². The Labute approximate surface area is 101 Å². The highest BCUT2D eigenvalue weighted by molar-refractivity contribution is 5.91. The summed E-state index contributed by atoms with van der Waals surface area (Å²) in [5, 5.41) is 9.09. The molecule has 0 heterocycles. The first kappa shape index (κ1) is 12.4. The highest BCUT2D eigenvalue weighted by Gasteiger charge is 2.32. The van der Waals surface area contributed by atoms with Gasteiger partial charge in [0.15, 0.2) is 0 Å². The monoisotopic (exact) mass is 254 g/mol. The molecule has 2 aromatic rings. The van der Waals surface area contributed by atoms with Crippen LogP contribution >= 0.6 is 0 Å². The van der Waals surface area contributed by atoms with E-state index in [-0.39, 0.29) is 11.8 Å². The number of hydrogen-bond donors (Lipinski definition) is 1. The molecule has 0 amide bonds. The van der Waals surface area contributed by atoms with Crippen molar-refractivity contribution in [1.82, 2.24) is 0 Å². The average molecular weight is 254 g/mol. The summed E-state index contributed by atoms with van der Waals surface area (Å²) in [5.41, 5.74) is -0.363. The van der Waals surface area contributed by atoms with Crippen LogP contribution in [0.1, 0.15) is 11.1 Å². The number of rotatable bonds is 2. The van der Waals surface area contributed by atoms with Gasteiger partial charge in [-0.3, -0.25) is 4.79 Å². The molecule has 94 valence electrons. The number of alkyl halides is 3. The fourth-order valence-electron chi connectivity index (χ4n) is 1.94. The lowest BCUT2D eigenvalue weighted by Crippen LogP contribution is -2.07. The van der Waals surface area contributed by atoms with E-state index in [2.05, 4.69) is 0 Å². The van der Waals surface area contributed by atoms with Crippen molar-refractivity contribution in [3.63, 3.8) is 0 Å². The first-order valence-corrected chi connectivity index (χ1v) is 5.19. The molecule has 1 N–H and O–H groups in total. The van der Waals surface area contributed by atoms with Crippen LogP contribution in [0.15, 0.2) is 36.4 Å². The molecule has 0 atom stereocenters. The molecule has 0 radical (unpaired) electrons. The molecule has 0 aliphatic carbocycles. The fraction of sp³-hybridized carbons (Fsp3) is 0.154. The quantitative estimate of drug-likeness (QED) is 0.890. The molecular formula is C13H9F3O2. The highest BCUT2D eigenvalue weighted by Crippen LogP contribution is 2.35.